The molecule has 2 heterocycles. The molecule has 0 saturated carbocycles. The lowest BCUT2D eigenvalue weighted by Gasteiger charge is -2.39. The topological polar surface area (TPSA) is 132 Å². The number of carboxylic acid groups (broad SMARTS) is 1. The molecule has 2 aliphatic heterocycles. The number of aliphatic carboxylic acids is 1. The Bertz CT molecular complexity index is 822. The number of likely N-dealkylation sites (tertiary alicyclic amines) is 2. The Morgan fingerprint density at radius 1 is 1.11 bits per heavy atom. The fourth-order valence-electron chi connectivity index (χ4n) is 4.69. The van der Waals surface area contributed by atoms with Crippen LogP contribution in [0.3, 0.4) is 0 Å². The number of carboxylic acids is 1. The minimum Gasteiger partial charge on any atom is -0.494 e. The largest absolute Gasteiger partial charge is 0.494 e. The van der Waals surface area contributed by atoms with E-state index in [9.17, 15) is 14.7 Å². The first kappa shape index (κ1) is 34.2. The SMILES string of the molecule is CN1CCC(N[C@@H](CC(=O)O)C(=O)N2CCCCC2CCOc2ccc(C(=N)N)cc2)CC1.Cl.Cl.Cl. The molecule has 36 heavy (non-hydrogen) atoms. The molecular formula is C24H40Cl3N5O4. The Kier molecular flexibility index (Phi) is 16.0. The maximum absolute atomic E-state index is 13.4. The second-order valence-electron chi connectivity index (χ2n) is 9.15. The van der Waals surface area contributed by atoms with Gasteiger partial charge in [-0.1, -0.05) is 0 Å². The van der Waals surface area contributed by atoms with Crippen molar-refractivity contribution in [2.45, 2.75) is 63.1 Å². The van der Waals surface area contributed by atoms with E-state index in [1.165, 1.54) is 0 Å². The molecule has 1 amide bonds. The number of carbonyl (C=O) groups is 2. The summed E-state index contributed by atoms with van der Waals surface area (Å²) >= 11 is 0. The smallest absolute Gasteiger partial charge is 0.305 e. The molecule has 2 aliphatic rings. The highest BCUT2D eigenvalue weighted by Crippen LogP contribution is 2.23. The van der Waals surface area contributed by atoms with Crippen molar-refractivity contribution in [1.29, 1.82) is 5.41 Å². The van der Waals surface area contributed by atoms with Gasteiger partial charge in [-0.3, -0.25) is 15.0 Å². The predicted octanol–water partition coefficient (Wildman–Crippen LogP) is 2.91. The summed E-state index contributed by atoms with van der Waals surface area (Å²) in [5.74, 6) is -0.351. The van der Waals surface area contributed by atoms with Crippen LogP contribution in [0.5, 0.6) is 5.75 Å². The van der Waals surface area contributed by atoms with E-state index in [0.717, 1.165) is 45.2 Å². The third kappa shape index (κ3) is 10.3. The van der Waals surface area contributed by atoms with Crippen molar-refractivity contribution >= 4 is 54.9 Å². The first-order valence-corrected chi connectivity index (χ1v) is 11.9. The third-order valence-electron chi connectivity index (χ3n) is 6.63. The van der Waals surface area contributed by atoms with Gasteiger partial charge in [0.05, 0.1) is 19.1 Å². The lowest BCUT2D eigenvalue weighted by Crippen LogP contribution is -2.56. The Morgan fingerprint density at radius 3 is 2.33 bits per heavy atom. The normalized spacial score (nSPS) is 19.1. The van der Waals surface area contributed by atoms with Gasteiger partial charge in [-0.2, -0.15) is 0 Å². The van der Waals surface area contributed by atoms with Crippen LogP contribution in [0.15, 0.2) is 24.3 Å². The van der Waals surface area contributed by atoms with Gasteiger partial charge in [-0.25, -0.2) is 0 Å². The van der Waals surface area contributed by atoms with Crippen molar-refractivity contribution in [1.82, 2.24) is 15.1 Å². The molecule has 5 N–H and O–H groups in total. The number of hydrogen-bond acceptors (Lipinski definition) is 6. The van der Waals surface area contributed by atoms with Crippen molar-refractivity contribution in [3.8, 4) is 5.75 Å². The number of benzene rings is 1. The summed E-state index contributed by atoms with van der Waals surface area (Å²) in [5, 5.41) is 20.3. The number of hydrogen-bond donors (Lipinski definition) is 4. The second-order valence-corrected chi connectivity index (χ2v) is 9.15. The predicted molar refractivity (Wildman–Crippen MR) is 148 cm³/mol. The summed E-state index contributed by atoms with van der Waals surface area (Å²) in [6, 6.07) is 6.58. The minimum atomic E-state index is -0.959. The van der Waals surface area contributed by atoms with Crippen molar-refractivity contribution < 1.29 is 19.4 Å². The van der Waals surface area contributed by atoms with E-state index >= 15 is 0 Å². The number of amidine groups is 1. The van der Waals surface area contributed by atoms with Crippen LogP contribution < -0.4 is 15.8 Å². The Morgan fingerprint density at radius 2 is 1.75 bits per heavy atom. The zero-order valence-electron chi connectivity index (χ0n) is 20.7. The first-order chi connectivity index (χ1) is 15.8. The van der Waals surface area contributed by atoms with Crippen LogP contribution in [0.25, 0.3) is 0 Å². The monoisotopic (exact) mass is 567 g/mol. The van der Waals surface area contributed by atoms with E-state index in [2.05, 4.69) is 17.3 Å². The number of halogens is 3. The fourth-order valence-corrected chi connectivity index (χ4v) is 4.69. The molecule has 3 rings (SSSR count). The molecule has 1 aromatic carbocycles. The average Bonchev–Trinajstić information content (AvgIpc) is 2.80. The average molecular weight is 569 g/mol. The Hall–Kier alpha value is -1.78. The quantitative estimate of drug-likeness (QED) is 0.252. The number of nitrogens with one attached hydrogen (secondary N) is 2. The van der Waals surface area contributed by atoms with Crippen molar-refractivity contribution in [2.24, 2.45) is 5.73 Å². The molecule has 0 radical (unpaired) electrons. The summed E-state index contributed by atoms with van der Waals surface area (Å²) in [6.07, 6.45) is 5.20. The van der Waals surface area contributed by atoms with E-state index in [1.54, 1.807) is 24.3 Å². The lowest BCUT2D eigenvalue weighted by molar-refractivity contribution is -0.145. The van der Waals surface area contributed by atoms with Gasteiger partial charge in [0.2, 0.25) is 5.91 Å². The zero-order valence-corrected chi connectivity index (χ0v) is 23.1. The molecule has 0 aliphatic carbocycles. The summed E-state index contributed by atoms with van der Waals surface area (Å²) in [4.78, 5) is 29.1. The van der Waals surface area contributed by atoms with Crippen LogP contribution in [-0.4, -0.2) is 84.0 Å². The molecule has 1 aromatic rings. The third-order valence-corrected chi connectivity index (χ3v) is 6.63. The highest BCUT2D eigenvalue weighted by atomic mass is 35.5. The Balaban J connectivity index is 0.00000408. The van der Waals surface area contributed by atoms with E-state index in [0.29, 0.717) is 30.9 Å². The van der Waals surface area contributed by atoms with Crippen LogP contribution in [0.1, 0.15) is 50.5 Å². The van der Waals surface area contributed by atoms with Gasteiger partial charge in [0.15, 0.2) is 0 Å². The van der Waals surface area contributed by atoms with Gasteiger partial charge < -0.3 is 30.7 Å². The molecule has 1 unspecified atom stereocenters. The molecule has 2 fully saturated rings. The summed E-state index contributed by atoms with van der Waals surface area (Å²) in [7, 11) is 2.08. The number of nitrogen functional groups attached to an aromatic ring is 1. The van der Waals surface area contributed by atoms with E-state index in [-0.39, 0.29) is 67.5 Å². The van der Waals surface area contributed by atoms with Crippen molar-refractivity contribution in [3.05, 3.63) is 29.8 Å². The van der Waals surface area contributed by atoms with Gasteiger partial charge in [-0.05, 0) is 76.5 Å². The van der Waals surface area contributed by atoms with Gasteiger partial charge >= 0.3 is 5.97 Å². The maximum atomic E-state index is 13.4. The molecule has 2 atom stereocenters. The molecule has 2 saturated heterocycles. The van der Waals surface area contributed by atoms with Gasteiger partial charge in [0.1, 0.15) is 11.6 Å². The molecule has 0 aromatic heterocycles. The number of piperidine rings is 2. The summed E-state index contributed by atoms with van der Waals surface area (Å²) in [6.45, 7) is 3.01. The minimum absolute atomic E-state index is 0. The standard InChI is InChI=1S/C24H37N5O4.3ClH/c1-28-13-9-18(10-14-28)27-21(16-22(30)31)24(32)29-12-3-2-4-19(29)11-15-33-20-7-5-17(6-8-20)23(25)26;;;/h5-8,18-19,21,27H,2-4,9-16H2,1H3,(H3,25,26)(H,30,31);3*1H/t19?,21-;;;/m0.../s1. The highest BCUT2D eigenvalue weighted by molar-refractivity contribution is 5.95. The molecule has 0 bridgehead atoms. The van der Waals surface area contributed by atoms with Crippen LogP contribution in [-0.2, 0) is 9.59 Å². The lowest BCUT2D eigenvalue weighted by atomic mass is 9.97. The first-order valence-electron chi connectivity index (χ1n) is 11.9. The van der Waals surface area contributed by atoms with E-state index in [4.69, 9.17) is 15.9 Å². The summed E-state index contributed by atoms with van der Waals surface area (Å²) < 4.78 is 5.86. The molecular weight excluding hydrogens is 529 g/mol. The Labute approximate surface area is 232 Å². The number of nitrogens with two attached hydrogens (primary N) is 1. The maximum Gasteiger partial charge on any atom is 0.305 e. The fraction of sp³-hybridized carbons (Fsp3) is 0.625. The van der Waals surface area contributed by atoms with Crippen molar-refractivity contribution in [3.63, 3.8) is 0 Å². The number of amides is 1. The van der Waals surface area contributed by atoms with Crippen LogP contribution >= 0.6 is 37.2 Å². The van der Waals surface area contributed by atoms with Crippen LogP contribution in [0, 0.1) is 5.41 Å². The number of rotatable bonds is 10. The van der Waals surface area contributed by atoms with Crippen LogP contribution in [0.4, 0.5) is 0 Å². The molecule has 12 heteroatoms. The highest BCUT2D eigenvalue weighted by Gasteiger charge is 2.34. The van der Waals surface area contributed by atoms with E-state index < -0.39 is 12.0 Å². The van der Waals surface area contributed by atoms with E-state index in [1.807, 2.05) is 4.90 Å². The zero-order chi connectivity index (χ0) is 23.8. The molecule has 206 valence electrons. The molecule has 0 spiro atoms. The molecule has 9 nitrogen and oxygen atoms in total. The summed E-state index contributed by atoms with van der Waals surface area (Å²) in [5.41, 5.74) is 6.13. The second kappa shape index (κ2) is 16.9. The number of carbonyl (C=O) groups excluding carboxylic acids is 1. The van der Waals surface area contributed by atoms with Gasteiger partial charge in [-0.15, -0.1) is 37.2 Å². The van der Waals surface area contributed by atoms with Crippen molar-refractivity contribution in [2.75, 3.05) is 33.3 Å². The van der Waals surface area contributed by atoms with Gasteiger partial charge in [0, 0.05) is 30.6 Å². The van der Waals surface area contributed by atoms with Crippen LogP contribution in [0.2, 0.25) is 0 Å². The number of nitrogens with zero attached hydrogens (tertiary/aromatic N) is 2. The number of ether oxygens (including phenoxy) is 1. The van der Waals surface area contributed by atoms with Gasteiger partial charge in [0.25, 0.3) is 0 Å².